The molecule has 2 atom stereocenters. The van der Waals surface area contributed by atoms with Gasteiger partial charge in [-0.3, -0.25) is 4.98 Å². The van der Waals surface area contributed by atoms with E-state index in [9.17, 15) is 4.39 Å². The molecule has 110 valence electrons. The van der Waals surface area contributed by atoms with Crippen LogP contribution in [0.15, 0.2) is 47.2 Å². The molecule has 2 unspecified atom stereocenters. The van der Waals surface area contributed by atoms with Crippen molar-refractivity contribution in [2.45, 2.75) is 19.1 Å². The lowest BCUT2D eigenvalue weighted by Crippen LogP contribution is -2.43. The van der Waals surface area contributed by atoms with Gasteiger partial charge >= 0.3 is 0 Å². The highest BCUT2D eigenvalue weighted by Gasteiger charge is 2.26. The highest BCUT2D eigenvalue weighted by atomic mass is 79.9. The normalized spacial score (nSPS) is 22.3. The van der Waals surface area contributed by atoms with E-state index in [4.69, 9.17) is 4.74 Å². The van der Waals surface area contributed by atoms with E-state index in [1.165, 1.54) is 12.1 Å². The molecule has 3 rings (SSSR count). The minimum atomic E-state index is -0.226. The molecule has 1 aliphatic heterocycles. The number of nitrogens with zero attached hydrogens (tertiary/aromatic N) is 2. The van der Waals surface area contributed by atoms with Gasteiger partial charge in [0.1, 0.15) is 11.9 Å². The van der Waals surface area contributed by atoms with E-state index >= 15 is 0 Å². The van der Waals surface area contributed by atoms with Gasteiger partial charge in [-0.1, -0.05) is 12.1 Å². The van der Waals surface area contributed by atoms with Crippen molar-refractivity contribution in [3.63, 3.8) is 0 Å². The standard InChI is InChI=1S/C16H16BrFN2O/c1-11-9-20(15-6-13(17)7-19-8-15)10-16(21-11)12-2-4-14(18)5-3-12/h2-8,11,16H,9-10H2,1H3. The second-order valence-electron chi connectivity index (χ2n) is 5.25. The third-order valence-corrected chi connectivity index (χ3v) is 3.99. The van der Waals surface area contributed by atoms with Gasteiger partial charge in [0.2, 0.25) is 0 Å². The van der Waals surface area contributed by atoms with Gasteiger partial charge in [0.05, 0.1) is 18.0 Å². The topological polar surface area (TPSA) is 25.4 Å². The summed E-state index contributed by atoms with van der Waals surface area (Å²) in [4.78, 5) is 6.46. The fourth-order valence-electron chi connectivity index (χ4n) is 2.60. The lowest BCUT2D eigenvalue weighted by molar-refractivity contribution is -0.0174. The summed E-state index contributed by atoms with van der Waals surface area (Å²) in [5.41, 5.74) is 2.06. The van der Waals surface area contributed by atoms with Gasteiger partial charge in [0.25, 0.3) is 0 Å². The largest absolute Gasteiger partial charge is 0.367 e. The molecule has 1 aromatic heterocycles. The fraction of sp³-hybridized carbons (Fsp3) is 0.312. The minimum Gasteiger partial charge on any atom is -0.367 e. The van der Waals surface area contributed by atoms with Crippen LogP contribution in [0.1, 0.15) is 18.6 Å². The molecule has 0 amide bonds. The Kier molecular flexibility index (Phi) is 4.22. The summed E-state index contributed by atoms with van der Waals surface area (Å²) in [5.74, 6) is -0.226. The minimum absolute atomic E-state index is 0.0617. The van der Waals surface area contributed by atoms with Gasteiger partial charge in [-0.2, -0.15) is 0 Å². The molecule has 0 radical (unpaired) electrons. The first-order valence-corrected chi connectivity index (χ1v) is 7.67. The Bertz CT molecular complexity index is 620. The van der Waals surface area contributed by atoms with Gasteiger partial charge in [0.15, 0.2) is 0 Å². The molecule has 0 saturated carbocycles. The maximum absolute atomic E-state index is 13.1. The van der Waals surface area contributed by atoms with E-state index in [0.29, 0.717) is 0 Å². The lowest BCUT2D eigenvalue weighted by atomic mass is 10.1. The molecule has 1 aromatic carbocycles. The van der Waals surface area contributed by atoms with Crippen molar-refractivity contribution in [2.24, 2.45) is 0 Å². The van der Waals surface area contributed by atoms with Gasteiger partial charge < -0.3 is 9.64 Å². The van der Waals surface area contributed by atoms with Crippen LogP contribution in [0.3, 0.4) is 0 Å². The van der Waals surface area contributed by atoms with Crippen molar-refractivity contribution < 1.29 is 9.13 Å². The highest BCUT2D eigenvalue weighted by Crippen LogP contribution is 2.29. The van der Waals surface area contributed by atoms with Crippen LogP contribution in [0.5, 0.6) is 0 Å². The molecule has 0 spiro atoms. The Hall–Kier alpha value is -1.46. The monoisotopic (exact) mass is 350 g/mol. The van der Waals surface area contributed by atoms with Crippen LogP contribution in [-0.2, 0) is 4.74 Å². The number of morpholine rings is 1. The summed E-state index contributed by atoms with van der Waals surface area (Å²) in [5, 5.41) is 0. The SMILES string of the molecule is CC1CN(c2cncc(Br)c2)CC(c2ccc(F)cc2)O1. The molecule has 3 nitrogen and oxygen atoms in total. The van der Waals surface area contributed by atoms with Gasteiger partial charge in [-0.05, 0) is 46.6 Å². The van der Waals surface area contributed by atoms with E-state index in [2.05, 4.69) is 25.8 Å². The number of hydrogen-bond donors (Lipinski definition) is 0. The quantitative estimate of drug-likeness (QED) is 0.819. The smallest absolute Gasteiger partial charge is 0.123 e. The van der Waals surface area contributed by atoms with Crippen LogP contribution < -0.4 is 4.90 Å². The highest BCUT2D eigenvalue weighted by molar-refractivity contribution is 9.10. The first-order valence-electron chi connectivity index (χ1n) is 6.88. The average Bonchev–Trinajstić information content (AvgIpc) is 2.47. The summed E-state index contributed by atoms with van der Waals surface area (Å²) in [7, 11) is 0. The van der Waals surface area contributed by atoms with Gasteiger partial charge in [-0.15, -0.1) is 0 Å². The molecule has 2 aromatic rings. The summed E-state index contributed by atoms with van der Waals surface area (Å²) < 4.78 is 20.0. The number of halogens is 2. The molecular weight excluding hydrogens is 335 g/mol. The van der Waals surface area contributed by atoms with Crippen molar-refractivity contribution in [3.8, 4) is 0 Å². The second kappa shape index (κ2) is 6.12. The van der Waals surface area contributed by atoms with Crippen LogP contribution >= 0.6 is 15.9 Å². The Morgan fingerprint density at radius 3 is 2.71 bits per heavy atom. The van der Waals surface area contributed by atoms with Crippen molar-refractivity contribution in [2.75, 3.05) is 18.0 Å². The first kappa shape index (κ1) is 14.5. The van der Waals surface area contributed by atoms with Gasteiger partial charge in [-0.25, -0.2) is 4.39 Å². The molecule has 1 aliphatic rings. The zero-order valence-electron chi connectivity index (χ0n) is 11.7. The van der Waals surface area contributed by atoms with Crippen molar-refractivity contribution in [3.05, 3.63) is 58.6 Å². The number of ether oxygens (including phenoxy) is 1. The molecule has 0 aliphatic carbocycles. The van der Waals surface area contributed by atoms with E-state index in [1.54, 1.807) is 18.3 Å². The van der Waals surface area contributed by atoms with E-state index < -0.39 is 0 Å². The van der Waals surface area contributed by atoms with Crippen LogP contribution in [0.2, 0.25) is 0 Å². The van der Waals surface area contributed by atoms with Crippen molar-refractivity contribution >= 4 is 21.6 Å². The van der Waals surface area contributed by atoms with Crippen LogP contribution in [0, 0.1) is 5.82 Å². The summed E-state index contributed by atoms with van der Waals surface area (Å²) in [6.07, 6.45) is 3.66. The summed E-state index contributed by atoms with van der Waals surface area (Å²) in [6, 6.07) is 8.57. The predicted molar refractivity (Wildman–Crippen MR) is 83.8 cm³/mol. The van der Waals surface area contributed by atoms with E-state index in [-0.39, 0.29) is 18.0 Å². The molecule has 0 N–H and O–H groups in total. The molecule has 1 fully saturated rings. The third kappa shape index (κ3) is 3.41. The maximum atomic E-state index is 13.1. The first-order chi connectivity index (χ1) is 10.1. The molecule has 0 bridgehead atoms. The number of rotatable bonds is 2. The maximum Gasteiger partial charge on any atom is 0.123 e. The Morgan fingerprint density at radius 1 is 1.24 bits per heavy atom. The molecule has 5 heteroatoms. The number of benzene rings is 1. The van der Waals surface area contributed by atoms with E-state index in [1.807, 2.05) is 19.2 Å². The Labute approximate surface area is 131 Å². The molecule has 2 heterocycles. The van der Waals surface area contributed by atoms with Crippen molar-refractivity contribution in [1.82, 2.24) is 4.98 Å². The van der Waals surface area contributed by atoms with Crippen molar-refractivity contribution in [1.29, 1.82) is 0 Å². The Balaban J connectivity index is 1.83. The fourth-order valence-corrected chi connectivity index (χ4v) is 2.95. The number of anilines is 1. The number of hydrogen-bond acceptors (Lipinski definition) is 3. The second-order valence-corrected chi connectivity index (χ2v) is 6.17. The van der Waals surface area contributed by atoms with Gasteiger partial charge in [0, 0.05) is 23.8 Å². The molecule has 1 saturated heterocycles. The van der Waals surface area contributed by atoms with Crippen LogP contribution in [0.25, 0.3) is 0 Å². The molecular formula is C16H16BrFN2O. The summed E-state index contributed by atoms with van der Waals surface area (Å²) >= 11 is 3.45. The number of aromatic nitrogens is 1. The average molecular weight is 351 g/mol. The lowest BCUT2D eigenvalue weighted by Gasteiger charge is -2.38. The van der Waals surface area contributed by atoms with E-state index in [0.717, 1.165) is 28.8 Å². The number of pyridine rings is 1. The summed E-state index contributed by atoms with van der Waals surface area (Å²) in [6.45, 7) is 3.60. The zero-order chi connectivity index (χ0) is 14.8. The molecule has 21 heavy (non-hydrogen) atoms. The third-order valence-electron chi connectivity index (χ3n) is 3.56. The zero-order valence-corrected chi connectivity index (χ0v) is 13.3. The van der Waals surface area contributed by atoms with Crippen LogP contribution in [0.4, 0.5) is 10.1 Å². The Morgan fingerprint density at radius 2 is 2.00 bits per heavy atom. The predicted octanol–water partition coefficient (Wildman–Crippen LogP) is 3.95. The van der Waals surface area contributed by atoms with Crippen LogP contribution in [-0.4, -0.2) is 24.2 Å².